The molecular formula is C20H28N4O2. The van der Waals surface area contributed by atoms with Crippen LogP contribution in [0, 0.1) is 0 Å². The third-order valence-electron chi connectivity index (χ3n) is 5.12. The van der Waals surface area contributed by atoms with E-state index in [0.29, 0.717) is 17.8 Å². The summed E-state index contributed by atoms with van der Waals surface area (Å²) in [7, 11) is 3.45. The van der Waals surface area contributed by atoms with Crippen LogP contribution in [-0.2, 0) is 7.05 Å². The summed E-state index contributed by atoms with van der Waals surface area (Å²) >= 11 is 0. The molecule has 1 aromatic carbocycles. The van der Waals surface area contributed by atoms with Crippen molar-refractivity contribution in [2.75, 3.05) is 31.6 Å². The molecule has 1 fully saturated rings. The molecule has 1 aliphatic rings. The molecule has 0 spiro atoms. The maximum atomic E-state index is 12.3. The zero-order valence-electron chi connectivity index (χ0n) is 15.8. The third-order valence-corrected chi connectivity index (χ3v) is 5.12. The molecule has 6 heteroatoms. The van der Waals surface area contributed by atoms with Crippen molar-refractivity contribution in [1.82, 2.24) is 14.9 Å². The highest BCUT2D eigenvalue weighted by molar-refractivity contribution is 5.36. The Morgan fingerprint density at radius 1 is 1.35 bits per heavy atom. The summed E-state index contributed by atoms with van der Waals surface area (Å²) in [5.41, 5.74) is 1.27. The highest BCUT2D eigenvalue weighted by Crippen LogP contribution is 2.20. The standard InChI is InChI=1S/C20H28N4O2/c1-15(16-6-8-18(26-3)9-7-16)13-22-17-5-4-11-24(14-17)19-20(25)23(2)12-10-21-19/h6-10,12,15,17,22H,4-5,11,13-14H2,1-3H3. The summed E-state index contributed by atoms with van der Waals surface area (Å²) in [5.74, 6) is 1.86. The summed E-state index contributed by atoms with van der Waals surface area (Å²) in [6, 6.07) is 8.62. The molecule has 2 unspecified atom stereocenters. The number of aromatic nitrogens is 2. The first-order valence-electron chi connectivity index (χ1n) is 9.22. The fourth-order valence-corrected chi connectivity index (χ4v) is 3.43. The quantitative estimate of drug-likeness (QED) is 0.859. The van der Waals surface area contributed by atoms with Gasteiger partial charge in [-0.3, -0.25) is 4.79 Å². The Morgan fingerprint density at radius 3 is 2.85 bits per heavy atom. The van der Waals surface area contributed by atoms with Gasteiger partial charge in [-0.1, -0.05) is 19.1 Å². The number of methoxy groups -OCH3 is 1. The average Bonchev–Trinajstić information content (AvgIpc) is 2.68. The van der Waals surface area contributed by atoms with Crippen molar-refractivity contribution in [1.29, 1.82) is 0 Å². The van der Waals surface area contributed by atoms with Crippen LogP contribution in [0.25, 0.3) is 0 Å². The van der Waals surface area contributed by atoms with Gasteiger partial charge in [-0.25, -0.2) is 4.98 Å². The molecule has 0 radical (unpaired) electrons. The van der Waals surface area contributed by atoms with Gasteiger partial charge in [0.25, 0.3) is 5.56 Å². The second kappa shape index (κ2) is 8.36. The topological polar surface area (TPSA) is 59.4 Å². The van der Waals surface area contributed by atoms with Crippen molar-refractivity contribution in [2.45, 2.75) is 31.7 Å². The number of aryl methyl sites for hydroxylation is 1. The smallest absolute Gasteiger partial charge is 0.293 e. The van der Waals surface area contributed by atoms with Crippen LogP contribution in [0.1, 0.15) is 31.2 Å². The molecule has 26 heavy (non-hydrogen) atoms. The van der Waals surface area contributed by atoms with Gasteiger partial charge in [-0.15, -0.1) is 0 Å². The number of hydrogen-bond donors (Lipinski definition) is 1. The zero-order chi connectivity index (χ0) is 18.5. The molecule has 0 aliphatic carbocycles. The van der Waals surface area contributed by atoms with E-state index in [0.717, 1.165) is 38.2 Å². The second-order valence-corrected chi connectivity index (χ2v) is 7.03. The lowest BCUT2D eigenvalue weighted by Gasteiger charge is -2.34. The predicted molar refractivity (Wildman–Crippen MR) is 104 cm³/mol. The van der Waals surface area contributed by atoms with E-state index in [2.05, 4.69) is 34.3 Å². The number of anilines is 1. The normalized spacial score (nSPS) is 18.6. The van der Waals surface area contributed by atoms with Crippen molar-refractivity contribution in [2.24, 2.45) is 7.05 Å². The number of ether oxygens (including phenoxy) is 1. The molecule has 1 N–H and O–H groups in total. The summed E-state index contributed by atoms with van der Waals surface area (Å²) in [5, 5.41) is 3.67. The summed E-state index contributed by atoms with van der Waals surface area (Å²) < 4.78 is 6.81. The van der Waals surface area contributed by atoms with Gasteiger partial charge in [0.2, 0.25) is 0 Å². The number of piperidine rings is 1. The average molecular weight is 356 g/mol. The monoisotopic (exact) mass is 356 g/mol. The molecule has 3 rings (SSSR count). The molecule has 0 saturated carbocycles. The molecular weight excluding hydrogens is 328 g/mol. The molecule has 2 aromatic rings. The van der Waals surface area contributed by atoms with E-state index in [1.807, 2.05) is 12.1 Å². The first-order valence-corrected chi connectivity index (χ1v) is 9.22. The van der Waals surface area contributed by atoms with Crippen LogP contribution in [0.2, 0.25) is 0 Å². The van der Waals surface area contributed by atoms with Crippen LogP contribution in [-0.4, -0.2) is 42.3 Å². The van der Waals surface area contributed by atoms with E-state index >= 15 is 0 Å². The minimum atomic E-state index is -0.0280. The molecule has 1 aromatic heterocycles. The zero-order valence-corrected chi connectivity index (χ0v) is 15.8. The molecule has 1 aliphatic heterocycles. The van der Waals surface area contributed by atoms with Gasteiger partial charge in [0, 0.05) is 45.1 Å². The van der Waals surface area contributed by atoms with Crippen LogP contribution in [0.5, 0.6) is 5.75 Å². The van der Waals surface area contributed by atoms with E-state index in [4.69, 9.17) is 4.74 Å². The van der Waals surface area contributed by atoms with Gasteiger partial charge in [0.1, 0.15) is 5.75 Å². The van der Waals surface area contributed by atoms with Crippen LogP contribution < -0.4 is 20.5 Å². The maximum absolute atomic E-state index is 12.3. The summed E-state index contributed by atoms with van der Waals surface area (Å²) in [6.07, 6.45) is 5.58. The Hall–Kier alpha value is -2.34. The lowest BCUT2D eigenvalue weighted by Crippen LogP contribution is -2.48. The molecule has 140 valence electrons. The second-order valence-electron chi connectivity index (χ2n) is 7.03. The number of benzene rings is 1. The Bertz CT molecular complexity index is 772. The maximum Gasteiger partial charge on any atom is 0.293 e. The Balaban J connectivity index is 1.58. The van der Waals surface area contributed by atoms with E-state index < -0.39 is 0 Å². The largest absolute Gasteiger partial charge is 0.497 e. The summed E-state index contributed by atoms with van der Waals surface area (Å²) in [4.78, 5) is 18.7. The Kier molecular flexibility index (Phi) is 5.93. The highest BCUT2D eigenvalue weighted by atomic mass is 16.5. The molecule has 0 amide bonds. The van der Waals surface area contributed by atoms with Crippen LogP contribution in [0.4, 0.5) is 5.82 Å². The van der Waals surface area contributed by atoms with E-state index in [1.54, 1.807) is 31.1 Å². The van der Waals surface area contributed by atoms with Crippen LogP contribution >= 0.6 is 0 Å². The lowest BCUT2D eigenvalue weighted by atomic mass is 9.99. The molecule has 2 atom stereocenters. The van der Waals surface area contributed by atoms with E-state index in [9.17, 15) is 4.79 Å². The van der Waals surface area contributed by atoms with Crippen molar-refractivity contribution in [3.63, 3.8) is 0 Å². The molecule has 2 heterocycles. The number of nitrogens with zero attached hydrogens (tertiary/aromatic N) is 3. The van der Waals surface area contributed by atoms with Crippen LogP contribution in [0.15, 0.2) is 41.5 Å². The number of rotatable bonds is 6. The fraction of sp³-hybridized carbons (Fsp3) is 0.500. The summed E-state index contributed by atoms with van der Waals surface area (Å²) in [6.45, 7) is 4.84. The molecule has 1 saturated heterocycles. The van der Waals surface area contributed by atoms with Crippen molar-refractivity contribution in [3.05, 3.63) is 52.6 Å². The first kappa shape index (κ1) is 18.5. The SMILES string of the molecule is COc1ccc(C(C)CNC2CCCN(c3nccn(C)c3=O)C2)cc1. The van der Waals surface area contributed by atoms with Crippen molar-refractivity contribution in [3.8, 4) is 5.75 Å². The van der Waals surface area contributed by atoms with Gasteiger partial charge >= 0.3 is 0 Å². The minimum absolute atomic E-state index is 0.0280. The van der Waals surface area contributed by atoms with Gasteiger partial charge in [-0.2, -0.15) is 0 Å². The lowest BCUT2D eigenvalue weighted by molar-refractivity contribution is 0.409. The first-order chi connectivity index (χ1) is 12.6. The molecule has 0 bridgehead atoms. The predicted octanol–water partition coefficient (Wildman–Crippen LogP) is 2.15. The van der Waals surface area contributed by atoms with Gasteiger partial charge < -0.3 is 19.5 Å². The minimum Gasteiger partial charge on any atom is -0.497 e. The highest BCUT2D eigenvalue weighted by Gasteiger charge is 2.23. The van der Waals surface area contributed by atoms with E-state index in [-0.39, 0.29) is 5.56 Å². The number of hydrogen-bond acceptors (Lipinski definition) is 5. The van der Waals surface area contributed by atoms with E-state index in [1.165, 1.54) is 5.56 Å². The van der Waals surface area contributed by atoms with Gasteiger partial charge in [0.15, 0.2) is 5.82 Å². The van der Waals surface area contributed by atoms with Crippen molar-refractivity contribution >= 4 is 5.82 Å². The Labute approximate surface area is 154 Å². The van der Waals surface area contributed by atoms with Gasteiger partial charge in [-0.05, 0) is 36.5 Å². The van der Waals surface area contributed by atoms with Crippen LogP contribution in [0.3, 0.4) is 0 Å². The van der Waals surface area contributed by atoms with Crippen molar-refractivity contribution < 1.29 is 4.74 Å². The third kappa shape index (κ3) is 4.25. The fourth-order valence-electron chi connectivity index (χ4n) is 3.43. The van der Waals surface area contributed by atoms with Gasteiger partial charge in [0.05, 0.1) is 7.11 Å². The number of nitrogens with one attached hydrogen (secondary N) is 1. The Morgan fingerprint density at radius 2 is 2.12 bits per heavy atom. The molecule has 6 nitrogen and oxygen atoms in total.